The van der Waals surface area contributed by atoms with E-state index in [2.05, 4.69) is 36.4 Å². The molecule has 0 aliphatic carbocycles. The van der Waals surface area contributed by atoms with Gasteiger partial charge in [0.1, 0.15) is 5.84 Å². The Hall–Kier alpha value is -2.14. The molecule has 0 spiro atoms. The van der Waals surface area contributed by atoms with E-state index in [1.54, 1.807) is 23.5 Å². The molecule has 0 radical (unpaired) electrons. The first-order valence-electron chi connectivity index (χ1n) is 8.05. The average Bonchev–Trinajstić information content (AvgIpc) is 3.11. The summed E-state index contributed by atoms with van der Waals surface area (Å²) in [4.78, 5) is 7.30. The largest absolute Gasteiger partial charge is 0.383 e. The minimum absolute atomic E-state index is 0.477. The summed E-state index contributed by atoms with van der Waals surface area (Å²) in [5, 5.41) is 0.681. The summed E-state index contributed by atoms with van der Waals surface area (Å²) in [6.45, 7) is 0. The van der Waals surface area contributed by atoms with Gasteiger partial charge >= 0.3 is 0 Å². The van der Waals surface area contributed by atoms with Crippen molar-refractivity contribution in [3.63, 3.8) is 0 Å². The van der Waals surface area contributed by atoms with Crippen LogP contribution in [0.3, 0.4) is 0 Å². The second-order valence-electron chi connectivity index (χ2n) is 5.66. The molecule has 0 aromatic heterocycles. The highest BCUT2D eigenvalue weighted by Crippen LogP contribution is 2.53. The van der Waals surface area contributed by atoms with E-state index >= 15 is 0 Å². The van der Waals surface area contributed by atoms with Crippen LogP contribution in [-0.4, -0.2) is 5.84 Å². The summed E-state index contributed by atoms with van der Waals surface area (Å²) in [7, 11) is 0. The van der Waals surface area contributed by atoms with E-state index in [9.17, 15) is 0 Å². The molecule has 0 atom stereocenters. The standard InChI is InChI=1S/C21H15ClN2S2/c22-16-12-10-15(11-13-16)20(23)24-19(14-6-2-1-3-7-14)21-25-17-8-4-5-9-18(17)26-21/h1-13H,(H2,23,24). The number of thioether (sulfide) groups is 2. The fourth-order valence-electron chi connectivity index (χ4n) is 2.57. The molecule has 0 fully saturated rings. The van der Waals surface area contributed by atoms with Gasteiger partial charge in [0.15, 0.2) is 0 Å². The molecule has 5 heteroatoms. The van der Waals surface area contributed by atoms with Gasteiger partial charge in [-0.25, -0.2) is 4.99 Å². The highest BCUT2D eigenvalue weighted by Gasteiger charge is 2.21. The van der Waals surface area contributed by atoms with Gasteiger partial charge in [-0.1, -0.05) is 77.6 Å². The zero-order valence-electron chi connectivity index (χ0n) is 13.7. The summed E-state index contributed by atoms with van der Waals surface area (Å²) >= 11 is 9.45. The van der Waals surface area contributed by atoms with E-state index < -0.39 is 0 Å². The summed E-state index contributed by atoms with van der Waals surface area (Å²) in [6, 6.07) is 26.0. The topological polar surface area (TPSA) is 38.4 Å². The van der Waals surface area contributed by atoms with E-state index in [0.29, 0.717) is 10.9 Å². The molecule has 1 heterocycles. The van der Waals surface area contributed by atoms with Gasteiger partial charge in [0, 0.05) is 25.9 Å². The first-order valence-corrected chi connectivity index (χ1v) is 10.1. The van der Waals surface area contributed by atoms with Crippen molar-refractivity contribution in [3.8, 4) is 0 Å². The molecule has 0 unspecified atom stereocenters. The number of halogens is 1. The molecule has 128 valence electrons. The lowest BCUT2D eigenvalue weighted by molar-refractivity contribution is 1.27. The van der Waals surface area contributed by atoms with E-state index in [-0.39, 0.29) is 0 Å². The van der Waals surface area contributed by atoms with E-state index in [1.807, 2.05) is 42.5 Å². The van der Waals surface area contributed by atoms with Gasteiger partial charge in [-0.2, -0.15) is 0 Å². The van der Waals surface area contributed by atoms with Crippen LogP contribution in [0.2, 0.25) is 5.02 Å². The zero-order valence-corrected chi connectivity index (χ0v) is 16.1. The summed E-state index contributed by atoms with van der Waals surface area (Å²) < 4.78 is 1.13. The van der Waals surface area contributed by atoms with Crippen LogP contribution < -0.4 is 5.73 Å². The number of fused-ring (bicyclic) bond motifs is 1. The van der Waals surface area contributed by atoms with E-state index in [1.165, 1.54) is 9.79 Å². The Morgan fingerprint density at radius 3 is 1.92 bits per heavy atom. The highest BCUT2D eigenvalue weighted by molar-refractivity contribution is 8.25. The normalized spacial score (nSPS) is 13.6. The fourth-order valence-corrected chi connectivity index (χ4v) is 5.20. The van der Waals surface area contributed by atoms with Crippen molar-refractivity contribution in [2.75, 3.05) is 0 Å². The highest BCUT2D eigenvalue weighted by atomic mass is 35.5. The van der Waals surface area contributed by atoms with Crippen LogP contribution in [0.4, 0.5) is 0 Å². The molecular weight excluding hydrogens is 380 g/mol. The smallest absolute Gasteiger partial charge is 0.131 e. The van der Waals surface area contributed by atoms with Gasteiger partial charge in [0.25, 0.3) is 0 Å². The van der Waals surface area contributed by atoms with E-state index in [4.69, 9.17) is 22.3 Å². The second kappa shape index (κ2) is 7.62. The number of benzene rings is 3. The Kier molecular flexibility index (Phi) is 5.07. The Labute approximate surface area is 166 Å². The number of nitrogens with two attached hydrogens (primary N) is 1. The van der Waals surface area contributed by atoms with Crippen molar-refractivity contribution in [2.45, 2.75) is 9.79 Å². The number of hydrogen-bond acceptors (Lipinski definition) is 3. The minimum Gasteiger partial charge on any atom is -0.383 e. The third-order valence-corrected chi connectivity index (χ3v) is 6.66. The van der Waals surface area contributed by atoms with Crippen molar-refractivity contribution >= 4 is 46.7 Å². The molecule has 26 heavy (non-hydrogen) atoms. The maximum atomic E-state index is 6.31. The Balaban J connectivity index is 1.79. The van der Waals surface area contributed by atoms with Gasteiger partial charge in [0.05, 0.1) is 9.93 Å². The Morgan fingerprint density at radius 1 is 0.731 bits per heavy atom. The van der Waals surface area contributed by atoms with E-state index in [0.717, 1.165) is 21.1 Å². The minimum atomic E-state index is 0.477. The second-order valence-corrected chi connectivity index (χ2v) is 8.46. The third-order valence-electron chi connectivity index (χ3n) is 3.87. The summed E-state index contributed by atoms with van der Waals surface area (Å²) in [5.41, 5.74) is 9.11. The maximum absolute atomic E-state index is 6.31. The molecule has 1 aliphatic heterocycles. The van der Waals surface area contributed by atoms with Crippen LogP contribution in [0, 0.1) is 0 Å². The first kappa shape index (κ1) is 17.3. The van der Waals surface area contributed by atoms with Gasteiger partial charge in [-0.3, -0.25) is 0 Å². The molecular formula is C21H15ClN2S2. The predicted molar refractivity (Wildman–Crippen MR) is 114 cm³/mol. The van der Waals surface area contributed by atoms with Gasteiger partial charge < -0.3 is 5.73 Å². The first-order chi connectivity index (χ1) is 12.7. The maximum Gasteiger partial charge on any atom is 0.131 e. The van der Waals surface area contributed by atoms with Crippen LogP contribution >= 0.6 is 35.1 Å². The van der Waals surface area contributed by atoms with Crippen LogP contribution in [0.25, 0.3) is 5.70 Å². The zero-order chi connectivity index (χ0) is 17.9. The van der Waals surface area contributed by atoms with Gasteiger partial charge in [-0.15, -0.1) is 0 Å². The summed E-state index contributed by atoms with van der Waals surface area (Å²) in [5.74, 6) is 0.477. The number of amidine groups is 1. The molecule has 4 rings (SSSR count). The molecule has 2 N–H and O–H groups in total. The Bertz CT molecular complexity index is 969. The van der Waals surface area contributed by atoms with Crippen LogP contribution in [0.5, 0.6) is 0 Å². The van der Waals surface area contributed by atoms with Gasteiger partial charge in [0.2, 0.25) is 0 Å². The number of nitrogens with zero attached hydrogens (tertiary/aromatic N) is 1. The third kappa shape index (κ3) is 3.68. The van der Waals surface area contributed by atoms with Crippen LogP contribution in [0.1, 0.15) is 11.1 Å². The monoisotopic (exact) mass is 394 g/mol. The van der Waals surface area contributed by atoms with Crippen molar-refractivity contribution in [1.82, 2.24) is 0 Å². The molecule has 0 saturated carbocycles. The lowest BCUT2D eigenvalue weighted by atomic mass is 10.1. The average molecular weight is 395 g/mol. The molecule has 0 bridgehead atoms. The number of rotatable bonds is 3. The molecule has 1 aliphatic rings. The SMILES string of the molecule is N/C(=N\C(=C1Sc2ccccc2S1)c1ccccc1)c1ccc(Cl)cc1. The molecule has 3 aromatic rings. The van der Waals surface area contributed by atoms with Crippen molar-refractivity contribution < 1.29 is 0 Å². The number of aliphatic imine (C=N–C) groups is 1. The lowest BCUT2D eigenvalue weighted by Crippen LogP contribution is -2.13. The lowest BCUT2D eigenvalue weighted by Gasteiger charge is -2.08. The van der Waals surface area contributed by atoms with Crippen molar-refractivity contribution in [3.05, 3.63) is 99.2 Å². The molecule has 2 nitrogen and oxygen atoms in total. The van der Waals surface area contributed by atoms with Gasteiger partial charge in [-0.05, 0) is 36.4 Å². The quantitative estimate of drug-likeness (QED) is 0.420. The van der Waals surface area contributed by atoms with Crippen LogP contribution in [0.15, 0.2) is 97.9 Å². The van der Waals surface area contributed by atoms with Crippen LogP contribution in [-0.2, 0) is 0 Å². The molecule has 0 saturated heterocycles. The molecule has 0 amide bonds. The van der Waals surface area contributed by atoms with Crippen molar-refractivity contribution in [2.24, 2.45) is 10.7 Å². The fraction of sp³-hybridized carbons (Fsp3) is 0. The van der Waals surface area contributed by atoms with Crippen molar-refractivity contribution in [1.29, 1.82) is 0 Å². The molecule has 3 aromatic carbocycles. The Morgan fingerprint density at radius 2 is 1.31 bits per heavy atom. The summed E-state index contributed by atoms with van der Waals surface area (Å²) in [6.07, 6.45) is 0. The number of hydrogen-bond donors (Lipinski definition) is 1. The predicted octanol–water partition coefficient (Wildman–Crippen LogP) is 6.27.